The van der Waals surface area contributed by atoms with Gasteiger partial charge in [-0.15, -0.1) is 0 Å². The van der Waals surface area contributed by atoms with Crippen molar-refractivity contribution in [2.24, 2.45) is 0 Å². The molecule has 160 valence electrons. The predicted molar refractivity (Wildman–Crippen MR) is 115 cm³/mol. The van der Waals surface area contributed by atoms with E-state index in [9.17, 15) is 4.79 Å². The van der Waals surface area contributed by atoms with E-state index in [4.69, 9.17) is 9.26 Å². The monoisotopic (exact) mass is 410 g/mol. The van der Waals surface area contributed by atoms with Crippen molar-refractivity contribution in [3.05, 3.63) is 63.3 Å². The topological polar surface area (TPSA) is 73.4 Å². The van der Waals surface area contributed by atoms with Gasteiger partial charge in [-0.25, -0.2) is 0 Å². The van der Waals surface area contributed by atoms with Crippen molar-refractivity contribution in [2.45, 2.75) is 61.2 Å². The van der Waals surface area contributed by atoms with E-state index in [1.165, 1.54) is 0 Å². The number of ether oxygens (including phenoxy) is 1. The average molecular weight is 411 g/mol. The second kappa shape index (κ2) is 8.73. The van der Waals surface area contributed by atoms with Crippen molar-refractivity contribution in [3.63, 3.8) is 0 Å². The third kappa shape index (κ3) is 4.25. The molecule has 0 atom stereocenters. The summed E-state index contributed by atoms with van der Waals surface area (Å²) in [5.74, 6) is 1.18. The Bertz CT molecular complexity index is 1060. The first kappa shape index (κ1) is 21.6. The minimum atomic E-state index is -0.200. The molecule has 0 aliphatic heterocycles. The number of hydrogen-bond donors (Lipinski definition) is 0. The lowest BCUT2D eigenvalue weighted by Gasteiger charge is -2.17. The Morgan fingerprint density at radius 3 is 2.57 bits per heavy atom. The fourth-order valence-corrected chi connectivity index (χ4v) is 3.50. The molecule has 0 unspecified atom stereocenters. The van der Waals surface area contributed by atoms with Crippen molar-refractivity contribution in [2.75, 3.05) is 7.05 Å². The van der Waals surface area contributed by atoms with Crippen LogP contribution in [0, 0.1) is 34.6 Å². The molecule has 0 fully saturated rings. The van der Waals surface area contributed by atoms with Gasteiger partial charge in [0.15, 0.2) is 5.69 Å². The number of benzene rings is 1. The molecular weight excluding hydrogens is 380 g/mol. The molecule has 1 aromatic carbocycles. The molecule has 1 amide bonds. The zero-order valence-electron chi connectivity index (χ0n) is 18.9. The highest BCUT2D eigenvalue weighted by Crippen LogP contribution is 2.24. The standard InChI is InChI=1S/C23H30N4O3/c1-8-27-17(5)19(16(4)24-27)12-26(7)23(28)22-20(18(6)30-25-22)13-29-21-11-14(2)9-10-15(21)3/h9-11H,8,12-13H2,1-7H3. The number of amides is 1. The van der Waals surface area contributed by atoms with Gasteiger partial charge in [0.25, 0.3) is 5.91 Å². The highest BCUT2D eigenvalue weighted by atomic mass is 16.5. The molecule has 3 aromatic rings. The number of aryl methyl sites for hydroxylation is 5. The molecule has 30 heavy (non-hydrogen) atoms. The van der Waals surface area contributed by atoms with E-state index in [1.807, 2.05) is 50.6 Å². The fourth-order valence-electron chi connectivity index (χ4n) is 3.50. The van der Waals surface area contributed by atoms with E-state index in [0.29, 0.717) is 23.6 Å². The molecule has 0 saturated carbocycles. The van der Waals surface area contributed by atoms with Crippen LogP contribution in [-0.4, -0.2) is 32.8 Å². The third-order valence-corrected chi connectivity index (χ3v) is 5.48. The van der Waals surface area contributed by atoms with E-state index in [1.54, 1.807) is 18.9 Å². The second-order valence-corrected chi connectivity index (χ2v) is 7.75. The zero-order valence-corrected chi connectivity index (χ0v) is 18.9. The summed E-state index contributed by atoms with van der Waals surface area (Å²) in [6.07, 6.45) is 0. The first-order valence-corrected chi connectivity index (χ1v) is 10.2. The van der Waals surface area contributed by atoms with Gasteiger partial charge in [-0.05, 0) is 58.7 Å². The van der Waals surface area contributed by atoms with Gasteiger partial charge in [-0.2, -0.15) is 5.10 Å². The van der Waals surface area contributed by atoms with Crippen LogP contribution in [0.4, 0.5) is 0 Å². The smallest absolute Gasteiger partial charge is 0.276 e. The maximum Gasteiger partial charge on any atom is 0.276 e. The molecule has 0 aliphatic rings. The van der Waals surface area contributed by atoms with E-state index in [-0.39, 0.29) is 12.5 Å². The molecule has 0 saturated heterocycles. The number of carbonyl (C=O) groups excluding carboxylic acids is 1. The van der Waals surface area contributed by atoms with Crippen molar-refractivity contribution in [3.8, 4) is 5.75 Å². The minimum Gasteiger partial charge on any atom is -0.488 e. The molecule has 0 radical (unpaired) electrons. The molecular formula is C23H30N4O3. The SMILES string of the molecule is CCn1nc(C)c(CN(C)C(=O)c2noc(C)c2COc2cc(C)ccc2C)c1C. The quantitative estimate of drug-likeness (QED) is 0.581. The summed E-state index contributed by atoms with van der Waals surface area (Å²) in [5.41, 5.74) is 6.18. The van der Waals surface area contributed by atoms with Gasteiger partial charge in [0.05, 0.1) is 11.3 Å². The summed E-state index contributed by atoms with van der Waals surface area (Å²) in [5, 5.41) is 8.57. The van der Waals surface area contributed by atoms with Crippen LogP contribution in [0.15, 0.2) is 22.7 Å². The Labute approximate surface area is 177 Å². The summed E-state index contributed by atoms with van der Waals surface area (Å²) < 4.78 is 13.3. The largest absolute Gasteiger partial charge is 0.488 e. The van der Waals surface area contributed by atoms with E-state index >= 15 is 0 Å². The fraction of sp³-hybridized carbons (Fsp3) is 0.435. The number of rotatable bonds is 7. The highest BCUT2D eigenvalue weighted by Gasteiger charge is 2.25. The number of carbonyl (C=O) groups is 1. The highest BCUT2D eigenvalue weighted by molar-refractivity contribution is 5.93. The van der Waals surface area contributed by atoms with Gasteiger partial charge in [-0.3, -0.25) is 9.48 Å². The van der Waals surface area contributed by atoms with Crippen LogP contribution < -0.4 is 4.74 Å². The Morgan fingerprint density at radius 2 is 1.90 bits per heavy atom. The summed E-state index contributed by atoms with van der Waals surface area (Å²) in [6, 6.07) is 6.05. The lowest BCUT2D eigenvalue weighted by molar-refractivity contribution is 0.0772. The van der Waals surface area contributed by atoms with E-state index in [2.05, 4.69) is 17.2 Å². The Hall–Kier alpha value is -3.09. The van der Waals surface area contributed by atoms with E-state index in [0.717, 1.165) is 40.4 Å². The molecule has 0 aliphatic carbocycles. The third-order valence-electron chi connectivity index (χ3n) is 5.48. The predicted octanol–water partition coefficient (Wildman–Crippen LogP) is 4.28. The summed E-state index contributed by atoms with van der Waals surface area (Å²) in [6.45, 7) is 13.3. The summed E-state index contributed by atoms with van der Waals surface area (Å²) in [7, 11) is 1.77. The van der Waals surface area contributed by atoms with Gasteiger partial charge < -0.3 is 14.2 Å². The second-order valence-electron chi connectivity index (χ2n) is 7.75. The van der Waals surface area contributed by atoms with Crippen LogP contribution in [-0.2, 0) is 19.7 Å². The van der Waals surface area contributed by atoms with Gasteiger partial charge in [0.2, 0.25) is 0 Å². The van der Waals surface area contributed by atoms with Crippen LogP contribution in [0.5, 0.6) is 5.75 Å². The van der Waals surface area contributed by atoms with Crippen LogP contribution in [0.2, 0.25) is 0 Å². The van der Waals surface area contributed by atoms with Gasteiger partial charge in [0, 0.05) is 31.4 Å². The first-order valence-electron chi connectivity index (χ1n) is 10.2. The van der Waals surface area contributed by atoms with Crippen LogP contribution in [0.25, 0.3) is 0 Å². The van der Waals surface area contributed by atoms with Crippen LogP contribution in [0.3, 0.4) is 0 Å². The lowest BCUT2D eigenvalue weighted by atomic mass is 10.1. The van der Waals surface area contributed by atoms with Crippen molar-refractivity contribution in [1.29, 1.82) is 0 Å². The van der Waals surface area contributed by atoms with Crippen molar-refractivity contribution < 1.29 is 14.1 Å². The average Bonchev–Trinajstić information content (AvgIpc) is 3.21. The molecule has 0 spiro atoms. The number of nitrogens with zero attached hydrogens (tertiary/aromatic N) is 4. The number of aromatic nitrogens is 3. The van der Waals surface area contributed by atoms with Crippen LogP contribution >= 0.6 is 0 Å². The van der Waals surface area contributed by atoms with Gasteiger partial charge >= 0.3 is 0 Å². The molecule has 0 bridgehead atoms. The Morgan fingerprint density at radius 1 is 1.17 bits per heavy atom. The first-order chi connectivity index (χ1) is 14.2. The van der Waals surface area contributed by atoms with Crippen molar-refractivity contribution >= 4 is 5.91 Å². The van der Waals surface area contributed by atoms with Gasteiger partial charge in [-0.1, -0.05) is 17.3 Å². The Kier molecular flexibility index (Phi) is 6.29. The molecule has 7 nitrogen and oxygen atoms in total. The molecule has 3 rings (SSSR count). The number of hydrogen-bond acceptors (Lipinski definition) is 5. The minimum absolute atomic E-state index is 0.200. The van der Waals surface area contributed by atoms with E-state index < -0.39 is 0 Å². The zero-order chi connectivity index (χ0) is 22.0. The van der Waals surface area contributed by atoms with Crippen molar-refractivity contribution in [1.82, 2.24) is 19.8 Å². The lowest BCUT2D eigenvalue weighted by Crippen LogP contribution is -2.28. The molecule has 2 heterocycles. The summed E-state index contributed by atoms with van der Waals surface area (Å²) >= 11 is 0. The normalized spacial score (nSPS) is 11.0. The maximum atomic E-state index is 13.1. The van der Waals surface area contributed by atoms with Gasteiger partial charge in [0.1, 0.15) is 18.1 Å². The molecule has 7 heteroatoms. The summed E-state index contributed by atoms with van der Waals surface area (Å²) in [4.78, 5) is 14.8. The maximum absolute atomic E-state index is 13.1. The molecule has 0 N–H and O–H groups in total. The van der Waals surface area contributed by atoms with Crippen LogP contribution in [0.1, 0.15) is 56.8 Å². The Balaban J connectivity index is 1.78. The molecule has 2 aromatic heterocycles.